The number of aromatic nitrogens is 3. The van der Waals surface area contributed by atoms with Crippen molar-refractivity contribution >= 4 is 18.4 Å². The van der Waals surface area contributed by atoms with Crippen LogP contribution in [0.15, 0.2) is 29.4 Å². The zero-order chi connectivity index (χ0) is 13.9. The molecule has 1 aliphatic heterocycles. The van der Waals surface area contributed by atoms with Gasteiger partial charge in [-0.2, -0.15) is 14.9 Å². The SMILES string of the molecule is Fc1ccccc1/C=N\n1c([C@@H]2CCCO2)n[nH]c1=S. The molecular weight excluding hydrogens is 279 g/mol. The Kier molecular flexibility index (Phi) is 3.70. The molecule has 20 heavy (non-hydrogen) atoms. The lowest BCUT2D eigenvalue weighted by molar-refractivity contribution is 0.102. The Balaban J connectivity index is 1.93. The average molecular weight is 292 g/mol. The van der Waals surface area contributed by atoms with Crippen molar-refractivity contribution in [1.82, 2.24) is 14.9 Å². The van der Waals surface area contributed by atoms with Crippen LogP contribution in [0, 0.1) is 10.6 Å². The van der Waals surface area contributed by atoms with Crippen LogP contribution >= 0.6 is 12.2 Å². The third-order valence-electron chi connectivity index (χ3n) is 3.11. The molecule has 1 atom stereocenters. The van der Waals surface area contributed by atoms with E-state index >= 15 is 0 Å². The van der Waals surface area contributed by atoms with Crippen molar-refractivity contribution in [2.24, 2.45) is 5.10 Å². The molecule has 0 aliphatic carbocycles. The van der Waals surface area contributed by atoms with Crippen molar-refractivity contribution in [3.8, 4) is 0 Å². The van der Waals surface area contributed by atoms with Crippen molar-refractivity contribution in [3.05, 3.63) is 46.2 Å². The van der Waals surface area contributed by atoms with E-state index in [0.717, 1.165) is 12.8 Å². The largest absolute Gasteiger partial charge is 0.370 e. The average Bonchev–Trinajstić information content (AvgIpc) is 3.08. The molecule has 0 bridgehead atoms. The lowest BCUT2D eigenvalue weighted by Crippen LogP contribution is -2.05. The van der Waals surface area contributed by atoms with Crippen molar-refractivity contribution in [3.63, 3.8) is 0 Å². The Morgan fingerprint density at radius 2 is 2.35 bits per heavy atom. The molecule has 2 heterocycles. The van der Waals surface area contributed by atoms with Gasteiger partial charge in [-0.05, 0) is 31.1 Å². The molecule has 0 radical (unpaired) electrons. The van der Waals surface area contributed by atoms with Gasteiger partial charge >= 0.3 is 0 Å². The summed E-state index contributed by atoms with van der Waals surface area (Å²) in [5, 5.41) is 11.1. The van der Waals surface area contributed by atoms with Crippen LogP contribution in [-0.4, -0.2) is 27.7 Å². The highest BCUT2D eigenvalue weighted by Gasteiger charge is 2.23. The highest BCUT2D eigenvalue weighted by molar-refractivity contribution is 7.71. The van der Waals surface area contributed by atoms with Crippen LogP contribution in [-0.2, 0) is 4.74 Å². The number of hydrogen-bond donors (Lipinski definition) is 1. The van der Waals surface area contributed by atoms with Crippen LogP contribution in [0.25, 0.3) is 0 Å². The normalized spacial score (nSPS) is 18.9. The number of aromatic amines is 1. The van der Waals surface area contributed by atoms with Gasteiger partial charge in [0.05, 0.1) is 6.21 Å². The molecule has 0 unspecified atom stereocenters. The number of rotatable bonds is 3. The van der Waals surface area contributed by atoms with Gasteiger partial charge in [-0.25, -0.2) is 4.39 Å². The highest BCUT2D eigenvalue weighted by Crippen LogP contribution is 2.26. The number of nitrogens with one attached hydrogen (secondary N) is 1. The maximum absolute atomic E-state index is 13.5. The highest BCUT2D eigenvalue weighted by atomic mass is 32.1. The summed E-state index contributed by atoms with van der Waals surface area (Å²) < 4.78 is 21.0. The third-order valence-corrected chi connectivity index (χ3v) is 3.37. The Bertz CT molecular complexity index is 688. The van der Waals surface area contributed by atoms with Gasteiger partial charge in [0.2, 0.25) is 4.77 Å². The molecule has 2 aromatic rings. The fourth-order valence-corrected chi connectivity index (χ4v) is 2.29. The second-order valence-corrected chi connectivity index (χ2v) is 4.85. The zero-order valence-electron chi connectivity index (χ0n) is 10.6. The van der Waals surface area contributed by atoms with E-state index in [9.17, 15) is 4.39 Å². The number of benzene rings is 1. The minimum absolute atomic E-state index is 0.110. The van der Waals surface area contributed by atoms with Crippen LogP contribution in [0.3, 0.4) is 0 Å². The minimum Gasteiger partial charge on any atom is -0.370 e. The summed E-state index contributed by atoms with van der Waals surface area (Å²) >= 11 is 5.14. The van der Waals surface area contributed by atoms with Crippen molar-refractivity contribution in [2.45, 2.75) is 18.9 Å². The molecule has 1 saturated heterocycles. The fraction of sp³-hybridized carbons (Fsp3) is 0.308. The summed E-state index contributed by atoms with van der Waals surface area (Å²) in [4.78, 5) is 0. The molecule has 1 aromatic heterocycles. The van der Waals surface area contributed by atoms with E-state index in [1.165, 1.54) is 17.0 Å². The zero-order valence-corrected chi connectivity index (χ0v) is 11.4. The van der Waals surface area contributed by atoms with E-state index in [4.69, 9.17) is 17.0 Å². The lowest BCUT2D eigenvalue weighted by Gasteiger charge is -2.07. The van der Waals surface area contributed by atoms with Crippen LogP contribution < -0.4 is 0 Å². The van der Waals surface area contributed by atoms with Gasteiger partial charge in [0.1, 0.15) is 11.9 Å². The van der Waals surface area contributed by atoms with Gasteiger partial charge in [0.15, 0.2) is 5.82 Å². The van der Waals surface area contributed by atoms with E-state index < -0.39 is 0 Å². The smallest absolute Gasteiger partial charge is 0.216 e. The van der Waals surface area contributed by atoms with Crippen LogP contribution in [0.1, 0.15) is 30.3 Å². The third kappa shape index (κ3) is 2.54. The van der Waals surface area contributed by atoms with E-state index in [1.54, 1.807) is 18.2 Å². The van der Waals surface area contributed by atoms with Gasteiger partial charge in [-0.15, -0.1) is 0 Å². The summed E-state index contributed by atoms with van der Waals surface area (Å²) in [5.41, 5.74) is 0.397. The molecule has 3 rings (SSSR count). The van der Waals surface area contributed by atoms with E-state index in [2.05, 4.69) is 15.3 Å². The van der Waals surface area contributed by atoms with Gasteiger partial charge in [-0.1, -0.05) is 18.2 Å². The van der Waals surface area contributed by atoms with Gasteiger partial charge in [0.25, 0.3) is 0 Å². The first-order valence-electron chi connectivity index (χ1n) is 6.33. The first-order chi connectivity index (χ1) is 9.75. The molecular formula is C13H13FN4OS. The maximum atomic E-state index is 13.5. The molecule has 0 saturated carbocycles. The maximum Gasteiger partial charge on any atom is 0.216 e. The molecule has 1 fully saturated rings. The molecule has 1 aliphatic rings. The van der Waals surface area contributed by atoms with Crippen LogP contribution in [0.4, 0.5) is 4.39 Å². The number of ether oxygens (including phenoxy) is 1. The summed E-state index contributed by atoms with van der Waals surface area (Å²) in [7, 11) is 0. The summed E-state index contributed by atoms with van der Waals surface area (Å²) in [6.07, 6.45) is 3.19. The molecule has 1 aromatic carbocycles. The van der Waals surface area contributed by atoms with Crippen molar-refractivity contribution < 1.29 is 9.13 Å². The Hall–Kier alpha value is -1.86. The van der Waals surface area contributed by atoms with E-state index in [-0.39, 0.29) is 11.9 Å². The quantitative estimate of drug-likeness (QED) is 0.699. The van der Waals surface area contributed by atoms with Gasteiger partial charge in [-0.3, -0.25) is 5.10 Å². The summed E-state index contributed by atoms with van der Waals surface area (Å²) in [6, 6.07) is 6.42. The topological polar surface area (TPSA) is 55.2 Å². The number of halogens is 1. The predicted octanol–water partition coefficient (Wildman–Crippen LogP) is 2.81. The van der Waals surface area contributed by atoms with Crippen molar-refractivity contribution in [1.29, 1.82) is 0 Å². The minimum atomic E-state index is -0.329. The van der Waals surface area contributed by atoms with E-state index in [1.807, 2.05) is 0 Å². The predicted molar refractivity (Wildman–Crippen MR) is 74.7 cm³/mol. The molecule has 0 spiro atoms. The summed E-state index contributed by atoms with van der Waals surface area (Å²) in [6.45, 7) is 0.710. The van der Waals surface area contributed by atoms with Crippen LogP contribution in [0.2, 0.25) is 0 Å². The lowest BCUT2D eigenvalue weighted by atomic mass is 10.2. The second-order valence-electron chi connectivity index (χ2n) is 4.47. The second kappa shape index (κ2) is 5.64. The number of hydrogen-bond acceptors (Lipinski definition) is 4. The Morgan fingerprint density at radius 3 is 3.10 bits per heavy atom. The molecule has 0 amide bonds. The molecule has 5 nitrogen and oxygen atoms in total. The Labute approximate surface area is 120 Å². The fourth-order valence-electron chi connectivity index (χ4n) is 2.10. The summed E-state index contributed by atoms with van der Waals surface area (Å²) in [5.74, 6) is 0.296. The first kappa shape index (κ1) is 13.1. The van der Waals surface area contributed by atoms with Gasteiger partial charge < -0.3 is 4.74 Å². The monoisotopic (exact) mass is 292 g/mol. The Morgan fingerprint density at radius 1 is 1.50 bits per heavy atom. The molecule has 1 N–H and O–H groups in total. The standard InChI is InChI=1S/C13H13FN4OS/c14-10-5-2-1-4-9(10)8-15-18-12(16-17-13(18)20)11-6-3-7-19-11/h1-2,4-5,8,11H,3,6-7H2,(H,17,20)/b15-8-/t11-/m0/s1. The first-order valence-corrected chi connectivity index (χ1v) is 6.74. The molecule has 104 valence electrons. The van der Waals surface area contributed by atoms with E-state index in [0.29, 0.717) is 22.8 Å². The van der Waals surface area contributed by atoms with Crippen LogP contribution in [0.5, 0.6) is 0 Å². The molecule has 7 heteroatoms. The van der Waals surface area contributed by atoms with Crippen molar-refractivity contribution in [2.75, 3.05) is 6.61 Å². The van der Waals surface area contributed by atoms with Gasteiger partial charge in [0, 0.05) is 12.2 Å². The number of nitrogens with zero attached hydrogens (tertiary/aromatic N) is 3. The number of H-pyrrole nitrogens is 1.